The molecular weight excluding hydrogens is 181 g/mol. The topological polar surface area (TPSA) is 53.1 Å². The minimum Gasteiger partial charge on any atom is -0.386 e. The van der Waals surface area contributed by atoms with Crippen LogP contribution in [0, 0.1) is 11.2 Å². The van der Waals surface area contributed by atoms with Crippen molar-refractivity contribution in [3.8, 4) is 0 Å². The van der Waals surface area contributed by atoms with E-state index < -0.39 is 0 Å². The zero-order valence-corrected chi connectivity index (χ0v) is 8.13. The summed E-state index contributed by atoms with van der Waals surface area (Å²) in [4.78, 5) is 1.84. The number of nitrogens with one attached hydrogen (secondary N) is 1. The van der Waals surface area contributed by atoms with E-state index in [-0.39, 0.29) is 11.7 Å². The van der Waals surface area contributed by atoms with Gasteiger partial charge in [-0.1, -0.05) is 6.07 Å². The summed E-state index contributed by atoms with van der Waals surface area (Å²) >= 11 is 0. The fourth-order valence-corrected chi connectivity index (χ4v) is 1.26. The molecule has 0 aliphatic carbocycles. The number of hydrogen-bond acceptors (Lipinski definition) is 2. The van der Waals surface area contributed by atoms with Crippen molar-refractivity contribution >= 4 is 11.5 Å². The fourth-order valence-electron chi connectivity index (χ4n) is 1.26. The summed E-state index contributed by atoms with van der Waals surface area (Å²) in [7, 11) is 0. The van der Waals surface area contributed by atoms with Crippen molar-refractivity contribution in [1.29, 1.82) is 5.41 Å². The zero-order valence-electron chi connectivity index (χ0n) is 8.13. The Labute approximate surface area is 82.8 Å². The number of rotatable bonds is 4. The van der Waals surface area contributed by atoms with Crippen LogP contribution in [0.2, 0.25) is 0 Å². The van der Waals surface area contributed by atoms with E-state index in [4.69, 9.17) is 11.1 Å². The first-order chi connectivity index (χ1) is 6.63. The maximum absolute atomic E-state index is 12.9. The standard InChI is InChI=1S/C10H14FN3/c1-2-14(7-10(12)13)9-5-3-4-8(11)6-9/h3-6H,2,7H2,1H3,(H3,12,13). The molecule has 1 aromatic rings. The molecule has 0 fully saturated rings. The number of hydrogen-bond donors (Lipinski definition) is 2. The van der Waals surface area contributed by atoms with Gasteiger partial charge in [0.05, 0.1) is 6.54 Å². The lowest BCUT2D eigenvalue weighted by molar-refractivity contribution is 0.627. The van der Waals surface area contributed by atoms with Crippen LogP contribution in [0.25, 0.3) is 0 Å². The lowest BCUT2D eigenvalue weighted by Crippen LogP contribution is -2.33. The Balaban J connectivity index is 2.83. The van der Waals surface area contributed by atoms with Gasteiger partial charge in [-0.05, 0) is 25.1 Å². The summed E-state index contributed by atoms with van der Waals surface area (Å²) in [6.07, 6.45) is 0. The number of halogens is 1. The van der Waals surface area contributed by atoms with Gasteiger partial charge in [0.15, 0.2) is 0 Å². The van der Waals surface area contributed by atoms with E-state index in [2.05, 4.69) is 0 Å². The Kier molecular flexibility index (Phi) is 3.45. The van der Waals surface area contributed by atoms with E-state index in [0.29, 0.717) is 13.1 Å². The molecule has 0 heterocycles. The van der Waals surface area contributed by atoms with Crippen molar-refractivity contribution in [2.45, 2.75) is 6.92 Å². The summed E-state index contributed by atoms with van der Waals surface area (Å²) in [6.45, 7) is 2.97. The van der Waals surface area contributed by atoms with E-state index in [1.807, 2.05) is 11.8 Å². The van der Waals surface area contributed by atoms with Gasteiger partial charge < -0.3 is 10.6 Å². The molecular formula is C10H14FN3. The Morgan fingerprint density at radius 1 is 1.57 bits per heavy atom. The summed E-state index contributed by atoms with van der Waals surface area (Å²) in [5.74, 6) is -0.194. The highest BCUT2D eigenvalue weighted by molar-refractivity contribution is 5.82. The maximum atomic E-state index is 12.9. The van der Waals surface area contributed by atoms with E-state index in [0.717, 1.165) is 5.69 Å². The van der Waals surface area contributed by atoms with Crippen molar-refractivity contribution in [3.05, 3.63) is 30.1 Å². The molecule has 0 spiro atoms. The smallest absolute Gasteiger partial charge is 0.125 e. The molecule has 4 heteroatoms. The minimum absolute atomic E-state index is 0.0797. The monoisotopic (exact) mass is 195 g/mol. The number of nitrogens with zero attached hydrogens (tertiary/aromatic N) is 1. The van der Waals surface area contributed by atoms with E-state index in [1.165, 1.54) is 12.1 Å². The summed E-state index contributed by atoms with van der Waals surface area (Å²) in [5.41, 5.74) is 6.04. The van der Waals surface area contributed by atoms with Crippen LogP contribution < -0.4 is 10.6 Å². The largest absolute Gasteiger partial charge is 0.386 e. The Morgan fingerprint density at radius 3 is 2.79 bits per heavy atom. The highest BCUT2D eigenvalue weighted by atomic mass is 19.1. The van der Waals surface area contributed by atoms with Gasteiger partial charge in [-0.3, -0.25) is 5.41 Å². The lowest BCUT2D eigenvalue weighted by Gasteiger charge is -2.22. The molecule has 3 nitrogen and oxygen atoms in total. The molecule has 0 amide bonds. The molecule has 0 saturated carbocycles. The van der Waals surface area contributed by atoms with E-state index in [1.54, 1.807) is 12.1 Å². The average Bonchev–Trinajstić information content (AvgIpc) is 2.14. The molecule has 0 aliphatic heterocycles. The minimum atomic E-state index is -0.274. The molecule has 0 aliphatic rings. The van der Waals surface area contributed by atoms with Crippen LogP contribution >= 0.6 is 0 Å². The second-order valence-corrected chi connectivity index (χ2v) is 3.02. The Bertz CT molecular complexity index is 325. The summed E-state index contributed by atoms with van der Waals surface area (Å²) in [6, 6.07) is 6.28. The van der Waals surface area contributed by atoms with Crippen LogP contribution in [-0.2, 0) is 0 Å². The van der Waals surface area contributed by atoms with Crippen molar-refractivity contribution < 1.29 is 4.39 Å². The molecule has 0 aromatic heterocycles. The number of anilines is 1. The summed E-state index contributed by atoms with van der Waals surface area (Å²) < 4.78 is 12.9. The van der Waals surface area contributed by atoms with Crippen molar-refractivity contribution in [3.63, 3.8) is 0 Å². The average molecular weight is 195 g/mol. The molecule has 0 atom stereocenters. The molecule has 0 bridgehead atoms. The van der Waals surface area contributed by atoms with Crippen LogP contribution in [-0.4, -0.2) is 18.9 Å². The number of nitrogens with two attached hydrogens (primary N) is 1. The predicted octanol–water partition coefficient (Wildman–Crippen LogP) is 1.59. The van der Waals surface area contributed by atoms with Gasteiger partial charge in [-0.25, -0.2) is 4.39 Å². The van der Waals surface area contributed by atoms with Crippen LogP contribution in [0.15, 0.2) is 24.3 Å². The highest BCUT2D eigenvalue weighted by Crippen LogP contribution is 2.14. The highest BCUT2D eigenvalue weighted by Gasteiger charge is 2.05. The van der Waals surface area contributed by atoms with Gasteiger partial charge in [0.2, 0.25) is 0 Å². The van der Waals surface area contributed by atoms with Gasteiger partial charge >= 0.3 is 0 Å². The zero-order chi connectivity index (χ0) is 10.6. The first-order valence-corrected chi connectivity index (χ1v) is 4.47. The van der Waals surface area contributed by atoms with Crippen LogP contribution in [0.3, 0.4) is 0 Å². The maximum Gasteiger partial charge on any atom is 0.125 e. The van der Waals surface area contributed by atoms with E-state index >= 15 is 0 Å². The van der Waals surface area contributed by atoms with Gasteiger partial charge in [-0.2, -0.15) is 0 Å². The molecule has 0 radical (unpaired) electrons. The third-order valence-electron chi connectivity index (χ3n) is 1.92. The number of benzene rings is 1. The third kappa shape index (κ3) is 2.73. The molecule has 14 heavy (non-hydrogen) atoms. The Hall–Kier alpha value is -1.58. The van der Waals surface area contributed by atoms with Gasteiger partial charge in [0, 0.05) is 12.2 Å². The van der Waals surface area contributed by atoms with E-state index in [9.17, 15) is 4.39 Å². The molecule has 1 rings (SSSR count). The molecule has 1 aromatic carbocycles. The van der Waals surface area contributed by atoms with Crippen molar-refractivity contribution in [2.75, 3.05) is 18.0 Å². The van der Waals surface area contributed by atoms with Gasteiger partial charge in [-0.15, -0.1) is 0 Å². The number of amidine groups is 1. The normalized spacial score (nSPS) is 9.86. The lowest BCUT2D eigenvalue weighted by atomic mass is 10.2. The first-order valence-electron chi connectivity index (χ1n) is 4.47. The van der Waals surface area contributed by atoms with Crippen molar-refractivity contribution in [2.24, 2.45) is 5.73 Å². The second-order valence-electron chi connectivity index (χ2n) is 3.02. The van der Waals surface area contributed by atoms with Gasteiger partial charge in [0.25, 0.3) is 0 Å². The second kappa shape index (κ2) is 4.60. The van der Waals surface area contributed by atoms with Crippen LogP contribution in [0.4, 0.5) is 10.1 Å². The first kappa shape index (κ1) is 10.5. The molecule has 76 valence electrons. The molecule has 0 saturated heterocycles. The predicted molar refractivity (Wildman–Crippen MR) is 56.2 cm³/mol. The van der Waals surface area contributed by atoms with Gasteiger partial charge in [0.1, 0.15) is 11.7 Å². The Morgan fingerprint density at radius 2 is 2.29 bits per heavy atom. The molecule has 0 unspecified atom stereocenters. The molecule has 3 N–H and O–H groups in total. The number of likely N-dealkylation sites (N-methyl/N-ethyl adjacent to an activating group) is 1. The third-order valence-corrected chi connectivity index (χ3v) is 1.92. The summed E-state index contributed by atoms with van der Waals surface area (Å²) in [5, 5.41) is 7.17. The van der Waals surface area contributed by atoms with Crippen LogP contribution in [0.5, 0.6) is 0 Å². The van der Waals surface area contributed by atoms with Crippen molar-refractivity contribution in [1.82, 2.24) is 0 Å². The van der Waals surface area contributed by atoms with Crippen LogP contribution in [0.1, 0.15) is 6.92 Å². The SMILES string of the molecule is CCN(CC(=N)N)c1cccc(F)c1. The fraction of sp³-hybridized carbons (Fsp3) is 0.300. The quantitative estimate of drug-likeness (QED) is 0.566.